The van der Waals surface area contributed by atoms with Gasteiger partial charge in [0.1, 0.15) is 5.25 Å². The van der Waals surface area contributed by atoms with Crippen molar-refractivity contribution in [3.05, 3.63) is 58.1 Å². The molecule has 2 aromatic rings. The minimum absolute atomic E-state index is 0.0216. The third kappa shape index (κ3) is 5.89. The van der Waals surface area contributed by atoms with Gasteiger partial charge in [-0.15, -0.1) is 0 Å². The highest BCUT2D eigenvalue weighted by Gasteiger charge is 2.39. The molecular formula is C23H23ClF3N3O2S. The number of anilines is 1. The number of aliphatic imine (C=N–C) groups is 1. The Balaban J connectivity index is 1.80. The summed E-state index contributed by atoms with van der Waals surface area (Å²) in [5.74, 6) is -0.857. The van der Waals surface area contributed by atoms with Gasteiger partial charge in [-0.25, -0.2) is 4.99 Å². The third-order valence-corrected chi connectivity index (χ3v) is 6.56. The van der Waals surface area contributed by atoms with Gasteiger partial charge in [-0.2, -0.15) is 13.2 Å². The highest BCUT2D eigenvalue weighted by atomic mass is 35.5. The summed E-state index contributed by atoms with van der Waals surface area (Å²) in [6, 6.07) is 8.49. The number of alkyl halides is 3. The van der Waals surface area contributed by atoms with Gasteiger partial charge in [0.2, 0.25) is 11.8 Å². The molecule has 0 spiro atoms. The standard InChI is InChI=1S/C23H23ClF3N3O2S/c1-4-10-30-21(32)18(33-22(30)29-20-13(2)6-5-7-14(20)3)12-19(31)28-17-11-15(23(25,26)27)8-9-16(17)24/h5-9,11,18H,4,10,12H2,1-3H3,(H,28,31)/t18-/m1/s1. The number of hydrogen-bond donors (Lipinski definition) is 1. The molecule has 3 rings (SSSR count). The number of rotatable bonds is 6. The Morgan fingerprint density at radius 3 is 2.48 bits per heavy atom. The van der Waals surface area contributed by atoms with Crippen molar-refractivity contribution in [3.8, 4) is 0 Å². The lowest BCUT2D eigenvalue weighted by atomic mass is 10.1. The molecule has 5 nitrogen and oxygen atoms in total. The number of carbonyl (C=O) groups excluding carboxylic acids is 2. The second-order valence-electron chi connectivity index (χ2n) is 7.68. The van der Waals surface area contributed by atoms with Crippen molar-refractivity contribution in [2.24, 2.45) is 4.99 Å². The Labute approximate surface area is 199 Å². The minimum Gasteiger partial charge on any atom is -0.325 e. The van der Waals surface area contributed by atoms with Crippen LogP contribution in [0.2, 0.25) is 5.02 Å². The molecule has 10 heteroatoms. The molecule has 0 radical (unpaired) electrons. The quantitative estimate of drug-likeness (QED) is 0.506. The summed E-state index contributed by atoms with van der Waals surface area (Å²) in [6.45, 7) is 6.25. The van der Waals surface area contributed by atoms with E-state index in [-0.39, 0.29) is 23.0 Å². The predicted octanol–water partition coefficient (Wildman–Crippen LogP) is 6.35. The molecule has 176 valence electrons. The molecule has 1 atom stereocenters. The van der Waals surface area contributed by atoms with Crippen LogP contribution in [0.1, 0.15) is 36.5 Å². The van der Waals surface area contributed by atoms with Crippen LogP contribution in [0.4, 0.5) is 24.5 Å². The normalized spacial score (nSPS) is 17.7. The first-order valence-corrected chi connectivity index (χ1v) is 11.6. The summed E-state index contributed by atoms with van der Waals surface area (Å²) < 4.78 is 39.0. The maximum absolute atomic E-state index is 13.0. The zero-order valence-electron chi connectivity index (χ0n) is 18.3. The highest BCUT2D eigenvalue weighted by Crippen LogP contribution is 2.36. The molecule has 2 aromatic carbocycles. The topological polar surface area (TPSA) is 61.8 Å². The van der Waals surface area contributed by atoms with Crippen molar-refractivity contribution in [1.29, 1.82) is 0 Å². The van der Waals surface area contributed by atoms with Crippen molar-refractivity contribution < 1.29 is 22.8 Å². The van der Waals surface area contributed by atoms with E-state index in [0.717, 1.165) is 35.0 Å². The van der Waals surface area contributed by atoms with Gasteiger partial charge in [0.25, 0.3) is 0 Å². The number of amidine groups is 1. The van der Waals surface area contributed by atoms with Crippen LogP contribution in [0.15, 0.2) is 41.4 Å². The van der Waals surface area contributed by atoms with Crippen LogP contribution in [-0.4, -0.2) is 33.7 Å². The Morgan fingerprint density at radius 2 is 1.88 bits per heavy atom. The smallest absolute Gasteiger partial charge is 0.325 e. The molecule has 1 heterocycles. The molecule has 0 saturated carbocycles. The first-order chi connectivity index (χ1) is 15.5. The van der Waals surface area contributed by atoms with Crippen LogP contribution in [-0.2, 0) is 15.8 Å². The molecular weight excluding hydrogens is 475 g/mol. The summed E-state index contributed by atoms with van der Waals surface area (Å²) >= 11 is 7.14. The largest absolute Gasteiger partial charge is 0.416 e. The van der Waals surface area contributed by atoms with E-state index in [2.05, 4.69) is 5.32 Å². The zero-order valence-corrected chi connectivity index (χ0v) is 19.9. The number of halogens is 4. The monoisotopic (exact) mass is 497 g/mol. The summed E-state index contributed by atoms with van der Waals surface area (Å²) in [7, 11) is 0. The van der Waals surface area contributed by atoms with E-state index in [0.29, 0.717) is 18.1 Å². The van der Waals surface area contributed by atoms with E-state index < -0.39 is 22.9 Å². The summed E-state index contributed by atoms with van der Waals surface area (Å²) in [4.78, 5) is 31.8. The molecule has 0 aromatic heterocycles. The average molecular weight is 498 g/mol. The molecule has 0 aliphatic carbocycles. The van der Waals surface area contributed by atoms with E-state index in [4.69, 9.17) is 16.6 Å². The number of thioether (sulfide) groups is 1. The molecule has 1 aliphatic heterocycles. The second-order valence-corrected chi connectivity index (χ2v) is 9.25. The van der Waals surface area contributed by atoms with Crippen LogP contribution in [0.25, 0.3) is 0 Å². The van der Waals surface area contributed by atoms with Gasteiger partial charge in [0, 0.05) is 13.0 Å². The first kappa shape index (κ1) is 25.1. The fraction of sp³-hybridized carbons (Fsp3) is 0.348. The molecule has 1 N–H and O–H groups in total. The Hall–Kier alpha value is -2.52. The van der Waals surface area contributed by atoms with Crippen molar-refractivity contribution >= 4 is 51.7 Å². The van der Waals surface area contributed by atoms with Gasteiger partial charge in [0.15, 0.2) is 5.17 Å². The predicted molar refractivity (Wildman–Crippen MR) is 126 cm³/mol. The zero-order chi connectivity index (χ0) is 24.3. The third-order valence-electron chi connectivity index (χ3n) is 5.05. The van der Waals surface area contributed by atoms with Crippen LogP contribution in [0, 0.1) is 13.8 Å². The Kier molecular flexibility index (Phi) is 7.74. The summed E-state index contributed by atoms with van der Waals surface area (Å²) in [6.07, 6.45) is -4.08. The molecule has 33 heavy (non-hydrogen) atoms. The number of para-hydroxylation sites is 1. The van der Waals surface area contributed by atoms with E-state index >= 15 is 0 Å². The number of aryl methyl sites for hydroxylation is 2. The van der Waals surface area contributed by atoms with Crippen LogP contribution in [0.3, 0.4) is 0 Å². The minimum atomic E-state index is -4.57. The number of nitrogens with one attached hydrogen (secondary N) is 1. The molecule has 1 saturated heterocycles. The lowest BCUT2D eigenvalue weighted by molar-refractivity contribution is -0.137. The summed E-state index contributed by atoms with van der Waals surface area (Å²) in [5, 5.41) is 2.16. The number of benzene rings is 2. The lowest BCUT2D eigenvalue weighted by Gasteiger charge is -2.16. The number of amides is 2. The molecule has 0 bridgehead atoms. The van der Waals surface area contributed by atoms with Gasteiger partial charge < -0.3 is 5.32 Å². The van der Waals surface area contributed by atoms with Crippen molar-refractivity contribution in [2.75, 3.05) is 11.9 Å². The molecule has 1 aliphatic rings. The van der Waals surface area contributed by atoms with Gasteiger partial charge in [-0.3, -0.25) is 14.5 Å². The maximum atomic E-state index is 13.0. The average Bonchev–Trinajstić information content (AvgIpc) is 3.00. The van der Waals surface area contributed by atoms with Crippen molar-refractivity contribution in [3.63, 3.8) is 0 Å². The van der Waals surface area contributed by atoms with Crippen LogP contribution < -0.4 is 5.32 Å². The second kappa shape index (κ2) is 10.2. The molecule has 2 amide bonds. The van der Waals surface area contributed by atoms with Gasteiger partial charge in [-0.05, 0) is 49.6 Å². The maximum Gasteiger partial charge on any atom is 0.416 e. The van der Waals surface area contributed by atoms with E-state index in [1.54, 1.807) is 4.90 Å². The first-order valence-electron chi connectivity index (χ1n) is 10.3. The van der Waals surface area contributed by atoms with Crippen molar-refractivity contribution in [1.82, 2.24) is 4.90 Å². The van der Waals surface area contributed by atoms with Crippen LogP contribution >= 0.6 is 23.4 Å². The Morgan fingerprint density at radius 1 is 1.21 bits per heavy atom. The Bertz CT molecular complexity index is 1080. The van der Waals surface area contributed by atoms with E-state index in [1.165, 1.54) is 11.8 Å². The van der Waals surface area contributed by atoms with E-state index in [1.807, 2.05) is 39.0 Å². The fourth-order valence-corrected chi connectivity index (χ4v) is 4.73. The van der Waals surface area contributed by atoms with Crippen molar-refractivity contribution in [2.45, 2.75) is 45.0 Å². The fourth-order valence-electron chi connectivity index (χ4n) is 3.40. The number of carbonyl (C=O) groups is 2. The van der Waals surface area contributed by atoms with Gasteiger partial charge in [0.05, 0.1) is 22.0 Å². The highest BCUT2D eigenvalue weighted by molar-refractivity contribution is 8.15. The SMILES string of the molecule is CCCN1C(=O)[C@@H](CC(=O)Nc2cc(C(F)(F)F)ccc2Cl)SC1=Nc1c(C)cccc1C. The molecule has 0 unspecified atom stereocenters. The number of hydrogen-bond acceptors (Lipinski definition) is 4. The lowest BCUT2D eigenvalue weighted by Crippen LogP contribution is -2.34. The van der Waals surface area contributed by atoms with Crippen LogP contribution in [0.5, 0.6) is 0 Å². The number of nitrogens with zero attached hydrogens (tertiary/aromatic N) is 2. The van der Waals surface area contributed by atoms with Gasteiger partial charge >= 0.3 is 6.18 Å². The van der Waals surface area contributed by atoms with E-state index in [9.17, 15) is 22.8 Å². The summed E-state index contributed by atoms with van der Waals surface area (Å²) in [5.41, 5.74) is 1.63. The molecule has 1 fully saturated rings. The van der Waals surface area contributed by atoms with Gasteiger partial charge in [-0.1, -0.05) is 48.5 Å².